The molecule has 0 bridgehead atoms. The van der Waals surface area contributed by atoms with Crippen LogP contribution in [0.2, 0.25) is 0 Å². The molecule has 80 valence electrons. The predicted octanol–water partition coefficient (Wildman–Crippen LogP) is 2.14. The van der Waals surface area contributed by atoms with Crippen molar-refractivity contribution in [3.8, 4) is 0 Å². The normalized spacial score (nSPS) is 27.6. The van der Waals surface area contributed by atoms with E-state index in [9.17, 15) is 4.79 Å². The van der Waals surface area contributed by atoms with E-state index in [0.29, 0.717) is 5.78 Å². The number of carbonyl (C=O) groups excluding carboxylic acids is 1. The first kappa shape index (κ1) is 10.2. The van der Waals surface area contributed by atoms with Crippen LogP contribution in [0.25, 0.3) is 0 Å². The molecule has 0 aromatic heterocycles. The second kappa shape index (κ2) is 4.92. The Balaban J connectivity index is 1.57. The summed E-state index contributed by atoms with van der Waals surface area (Å²) in [5.74, 6) is 2.05. The van der Waals surface area contributed by atoms with Crippen LogP contribution in [0.5, 0.6) is 0 Å². The molecule has 2 fully saturated rings. The highest BCUT2D eigenvalue weighted by Crippen LogP contribution is 2.30. The van der Waals surface area contributed by atoms with Gasteiger partial charge in [-0.25, -0.2) is 0 Å². The molecule has 1 aliphatic carbocycles. The fourth-order valence-corrected chi connectivity index (χ4v) is 2.45. The largest absolute Gasteiger partial charge is 0.316 e. The van der Waals surface area contributed by atoms with Crippen molar-refractivity contribution in [1.29, 1.82) is 0 Å². The van der Waals surface area contributed by atoms with Crippen LogP contribution in [-0.4, -0.2) is 18.9 Å². The Bertz CT molecular complexity index is 192. The molecule has 0 spiro atoms. The van der Waals surface area contributed by atoms with E-state index < -0.39 is 0 Å². The van der Waals surface area contributed by atoms with Crippen LogP contribution in [0, 0.1) is 11.8 Å². The van der Waals surface area contributed by atoms with Gasteiger partial charge in [-0.2, -0.15) is 0 Å². The highest BCUT2D eigenvalue weighted by molar-refractivity contribution is 5.78. The van der Waals surface area contributed by atoms with Gasteiger partial charge in [0, 0.05) is 12.8 Å². The van der Waals surface area contributed by atoms with Crippen LogP contribution in [0.3, 0.4) is 0 Å². The summed E-state index contributed by atoms with van der Waals surface area (Å²) in [6.45, 7) is 2.29. The summed E-state index contributed by atoms with van der Waals surface area (Å²) in [6, 6.07) is 0. The van der Waals surface area contributed by atoms with Crippen molar-refractivity contribution < 1.29 is 4.79 Å². The van der Waals surface area contributed by atoms with Gasteiger partial charge in [0.15, 0.2) is 0 Å². The molecule has 1 saturated heterocycles. The molecule has 2 rings (SSSR count). The maximum atomic E-state index is 11.6. The zero-order valence-electron chi connectivity index (χ0n) is 8.93. The maximum Gasteiger partial charge on any atom is 0.133 e. The summed E-state index contributed by atoms with van der Waals surface area (Å²) in [5, 5.41) is 3.35. The van der Waals surface area contributed by atoms with Crippen molar-refractivity contribution in [2.24, 2.45) is 11.8 Å². The highest BCUT2D eigenvalue weighted by atomic mass is 16.1. The van der Waals surface area contributed by atoms with Crippen LogP contribution >= 0.6 is 0 Å². The van der Waals surface area contributed by atoms with Crippen LogP contribution < -0.4 is 5.32 Å². The topological polar surface area (TPSA) is 29.1 Å². The molecule has 0 aromatic carbocycles. The van der Waals surface area contributed by atoms with E-state index in [-0.39, 0.29) is 0 Å². The Labute approximate surface area is 86.5 Å². The molecule has 1 saturated carbocycles. The lowest BCUT2D eigenvalue weighted by Gasteiger charge is -2.24. The fourth-order valence-electron chi connectivity index (χ4n) is 2.45. The van der Waals surface area contributed by atoms with Crippen molar-refractivity contribution in [2.45, 2.75) is 44.9 Å². The molecule has 1 aliphatic heterocycles. The summed E-state index contributed by atoms with van der Waals surface area (Å²) >= 11 is 0. The highest BCUT2D eigenvalue weighted by Gasteiger charge is 2.21. The van der Waals surface area contributed by atoms with Crippen molar-refractivity contribution >= 4 is 5.78 Å². The van der Waals surface area contributed by atoms with E-state index in [4.69, 9.17) is 0 Å². The number of rotatable bonds is 5. The zero-order chi connectivity index (χ0) is 9.80. The number of ketones is 1. The average molecular weight is 195 g/mol. The molecular weight excluding hydrogens is 174 g/mol. The van der Waals surface area contributed by atoms with Crippen LogP contribution in [0.1, 0.15) is 44.9 Å². The van der Waals surface area contributed by atoms with Crippen molar-refractivity contribution in [3.63, 3.8) is 0 Å². The van der Waals surface area contributed by atoms with Gasteiger partial charge in [-0.15, -0.1) is 0 Å². The number of Topliss-reactive ketones (excluding diaryl/α,β-unsaturated/α-hetero) is 1. The van der Waals surface area contributed by atoms with Gasteiger partial charge in [0.05, 0.1) is 0 Å². The van der Waals surface area contributed by atoms with Crippen LogP contribution in [0.4, 0.5) is 0 Å². The predicted molar refractivity (Wildman–Crippen MR) is 57.2 cm³/mol. The Morgan fingerprint density at radius 3 is 2.64 bits per heavy atom. The molecule has 1 atom stereocenters. The van der Waals surface area contributed by atoms with E-state index in [1.54, 1.807) is 0 Å². The molecule has 1 unspecified atom stereocenters. The summed E-state index contributed by atoms with van der Waals surface area (Å²) in [5.41, 5.74) is 0. The van der Waals surface area contributed by atoms with E-state index in [1.807, 2.05) is 0 Å². The minimum atomic E-state index is 0.515. The standard InChI is InChI=1S/C12H21NO/c14-12(8-10-2-1-3-10)5-4-11-6-7-13-9-11/h10-11,13H,1-9H2. The van der Waals surface area contributed by atoms with Crippen molar-refractivity contribution in [2.75, 3.05) is 13.1 Å². The van der Waals surface area contributed by atoms with Crippen molar-refractivity contribution in [3.05, 3.63) is 0 Å². The quantitative estimate of drug-likeness (QED) is 0.728. The molecule has 2 nitrogen and oxygen atoms in total. The number of carbonyl (C=O) groups is 1. The Hall–Kier alpha value is -0.370. The van der Waals surface area contributed by atoms with Gasteiger partial charge in [-0.05, 0) is 37.8 Å². The molecule has 1 heterocycles. The minimum absolute atomic E-state index is 0.515. The lowest BCUT2D eigenvalue weighted by molar-refractivity contribution is -0.120. The Morgan fingerprint density at radius 2 is 2.07 bits per heavy atom. The van der Waals surface area contributed by atoms with Gasteiger partial charge in [-0.3, -0.25) is 4.79 Å². The molecule has 0 radical (unpaired) electrons. The van der Waals surface area contributed by atoms with Gasteiger partial charge in [0.1, 0.15) is 5.78 Å². The molecule has 0 amide bonds. The lowest BCUT2D eigenvalue weighted by Crippen LogP contribution is -2.16. The third-order valence-electron chi connectivity index (χ3n) is 3.73. The lowest BCUT2D eigenvalue weighted by atomic mass is 9.81. The summed E-state index contributed by atoms with van der Waals surface area (Å²) < 4.78 is 0. The molecule has 1 N–H and O–H groups in total. The number of hydrogen-bond donors (Lipinski definition) is 1. The van der Waals surface area contributed by atoms with Gasteiger partial charge in [-0.1, -0.05) is 19.3 Å². The SMILES string of the molecule is O=C(CCC1CCNC1)CC1CCC1. The molecule has 2 aliphatic rings. The maximum absolute atomic E-state index is 11.6. The Morgan fingerprint density at radius 1 is 1.21 bits per heavy atom. The third-order valence-corrected chi connectivity index (χ3v) is 3.73. The van der Waals surface area contributed by atoms with E-state index in [2.05, 4.69) is 5.32 Å². The summed E-state index contributed by atoms with van der Waals surface area (Å²) in [4.78, 5) is 11.6. The second-order valence-corrected chi connectivity index (χ2v) is 4.94. The van der Waals surface area contributed by atoms with E-state index in [1.165, 1.54) is 25.7 Å². The minimum Gasteiger partial charge on any atom is -0.316 e. The molecule has 2 heteroatoms. The van der Waals surface area contributed by atoms with E-state index >= 15 is 0 Å². The van der Waals surface area contributed by atoms with Gasteiger partial charge in [0.25, 0.3) is 0 Å². The first-order valence-electron chi connectivity index (χ1n) is 6.07. The number of hydrogen-bond acceptors (Lipinski definition) is 2. The Kier molecular flexibility index (Phi) is 3.57. The van der Waals surface area contributed by atoms with Crippen LogP contribution in [-0.2, 0) is 4.79 Å². The zero-order valence-corrected chi connectivity index (χ0v) is 8.93. The average Bonchev–Trinajstić information content (AvgIpc) is 2.60. The summed E-state index contributed by atoms with van der Waals surface area (Å²) in [7, 11) is 0. The first-order valence-corrected chi connectivity index (χ1v) is 6.07. The fraction of sp³-hybridized carbons (Fsp3) is 0.917. The monoisotopic (exact) mass is 195 g/mol. The first-order chi connectivity index (χ1) is 6.84. The second-order valence-electron chi connectivity index (χ2n) is 4.94. The van der Waals surface area contributed by atoms with E-state index in [0.717, 1.165) is 44.2 Å². The van der Waals surface area contributed by atoms with Gasteiger partial charge < -0.3 is 5.32 Å². The number of nitrogens with one attached hydrogen (secondary N) is 1. The molecule has 0 aromatic rings. The van der Waals surface area contributed by atoms with Gasteiger partial charge in [0.2, 0.25) is 0 Å². The van der Waals surface area contributed by atoms with Crippen molar-refractivity contribution in [1.82, 2.24) is 5.32 Å². The van der Waals surface area contributed by atoms with Gasteiger partial charge >= 0.3 is 0 Å². The molecule has 14 heavy (non-hydrogen) atoms. The third kappa shape index (κ3) is 2.81. The summed E-state index contributed by atoms with van der Waals surface area (Å²) in [6.07, 6.45) is 8.07. The van der Waals surface area contributed by atoms with Crippen LogP contribution in [0.15, 0.2) is 0 Å². The smallest absolute Gasteiger partial charge is 0.133 e. The molecular formula is C12H21NO.